The summed E-state index contributed by atoms with van der Waals surface area (Å²) in [5.74, 6) is -0.306. The van der Waals surface area contributed by atoms with Gasteiger partial charge in [-0.15, -0.1) is 0 Å². The lowest BCUT2D eigenvalue weighted by molar-refractivity contribution is -0.192. The molecule has 1 atom stereocenters. The number of hydroxylamine groups is 2. The van der Waals surface area contributed by atoms with Crippen molar-refractivity contribution in [2.75, 3.05) is 13.6 Å². The summed E-state index contributed by atoms with van der Waals surface area (Å²) in [5.41, 5.74) is 0.00883. The number of hydrogen-bond acceptors (Lipinski definition) is 3. The highest BCUT2D eigenvalue weighted by Crippen LogP contribution is 2.34. The van der Waals surface area contributed by atoms with Crippen LogP contribution in [0.25, 0.3) is 0 Å². The van der Waals surface area contributed by atoms with Crippen molar-refractivity contribution in [3.05, 3.63) is 34.9 Å². The summed E-state index contributed by atoms with van der Waals surface area (Å²) in [7, 11) is 1.79. The maximum atomic E-state index is 11.4. The highest BCUT2D eigenvalue weighted by Gasteiger charge is 2.47. The van der Waals surface area contributed by atoms with Crippen molar-refractivity contribution in [1.29, 1.82) is 0 Å². The Kier molecular flexibility index (Phi) is 2.66. The second kappa shape index (κ2) is 3.73. The Morgan fingerprint density at radius 3 is 2.38 bits per heavy atom. The van der Waals surface area contributed by atoms with Crippen LogP contribution in [0.5, 0.6) is 0 Å². The minimum absolute atomic E-state index is 0.204. The highest BCUT2D eigenvalue weighted by atomic mass is 35.5. The molecule has 86 valence electrons. The standard InChI is InChI=1S/C11H13ClN2O2/c1-11(8-3-5-9(12)6-4-8)13(2)7-10(15)14(11)16/h3-6,16H,7H2,1-2H3. The highest BCUT2D eigenvalue weighted by molar-refractivity contribution is 6.30. The molecule has 1 saturated heterocycles. The lowest BCUT2D eigenvalue weighted by atomic mass is 10.0. The summed E-state index contributed by atoms with van der Waals surface area (Å²) in [6, 6.07) is 7.10. The molecule has 1 aromatic carbocycles. The molecule has 0 aliphatic carbocycles. The van der Waals surface area contributed by atoms with Crippen LogP contribution in [0.4, 0.5) is 0 Å². The zero-order valence-corrected chi connectivity index (χ0v) is 9.90. The van der Waals surface area contributed by atoms with E-state index < -0.39 is 5.66 Å². The molecular weight excluding hydrogens is 228 g/mol. The van der Waals surface area contributed by atoms with Gasteiger partial charge in [-0.2, -0.15) is 5.06 Å². The number of carbonyl (C=O) groups is 1. The first-order valence-corrected chi connectivity index (χ1v) is 5.33. The van der Waals surface area contributed by atoms with Gasteiger partial charge in [0, 0.05) is 5.02 Å². The molecule has 0 spiro atoms. The Labute approximate surface area is 99.0 Å². The van der Waals surface area contributed by atoms with Crippen LogP contribution >= 0.6 is 11.6 Å². The van der Waals surface area contributed by atoms with E-state index >= 15 is 0 Å². The van der Waals surface area contributed by atoms with Crippen LogP contribution in [0.3, 0.4) is 0 Å². The predicted octanol–water partition coefficient (Wildman–Crippen LogP) is 1.68. The number of likely N-dealkylation sites (N-methyl/N-ethyl adjacent to an activating group) is 1. The number of carbonyl (C=O) groups excluding carboxylic acids is 1. The van der Waals surface area contributed by atoms with E-state index in [1.807, 2.05) is 0 Å². The van der Waals surface area contributed by atoms with Gasteiger partial charge in [-0.3, -0.25) is 14.9 Å². The molecule has 0 radical (unpaired) electrons. The number of hydrogen-bond donors (Lipinski definition) is 1. The van der Waals surface area contributed by atoms with Gasteiger partial charge in [-0.1, -0.05) is 23.7 Å². The van der Waals surface area contributed by atoms with E-state index in [2.05, 4.69) is 0 Å². The Morgan fingerprint density at radius 2 is 1.94 bits per heavy atom. The van der Waals surface area contributed by atoms with Gasteiger partial charge in [0.25, 0.3) is 5.91 Å². The van der Waals surface area contributed by atoms with Crippen LogP contribution in [0.1, 0.15) is 12.5 Å². The summed E-state index contributed by atoms with van der Waals surface area (Å²) in [6.07, 6.45) is 0. The van der Waals surface area contributed by atoms with Crippen molar-refractivity contribution in [3.8, 4) is 0 Å². The van der Waals surface area contributed by atoms with Crippen LogP contribution in [0.2, 0.25) is 5.02 Å². The SMILES string of the molecule is CN1CC(=O)N(O)C1(C)c1ccc(Cl)cc1. The Bertz CT molecular complexity index is 420. The Hall–Kier alpha value is -1.10. The van der Waals surface area contributed by atoms with Crippen molar-refractivity contribution >= 4 is 17.5 Å². The van der Waals surface area contributed by atoms with Gasteiger partial charge in [-0.25, -0.2) is 0 Å². The summed E-state index contributed by atoms with van der Waals surface area (Å²) in [4.78, 5) is 13.2. The quantitative estimate of drug-likeness (QED) is 0.760. The fraction of sp³-hybridized carbons (Fsp3) is 0.364. The van der Waals surface area contributed by atoms with Crippen molar-refractivity contribution < 1.29 is 10.0 Å². The number of nitrogens with zero attached hydrogens (tertiary/aromatic N) is 2. The van der Waals surface area contributed by atoms with Crippen LogP contribution in [-0.4, -0.2) is 34.7 Å². The van der Waals surface area contributed by atoms with E-state index in [0.717, 1.165) is 10.6 Å². The smallest absolute Gasteiger partial charge is 0.262 e. The summed E-state index contributed by atoms with van der Waals surface area (Å²) in [5, 5.41) is 11.2. The van der Waals surface area contributed by atoms with E-state index in [1.54, 1.807) is 43.1 Å². The average molecular weight is 241 g/mol. The lowest BCUT2D eigenvalue weighted by Crippen LogP contribution is -2.45. The number of rotatable bonds is 1. The van der Waals surface area contributed by atoms with Gasteiger partial charge < -0.3 is 0 Å². The zero-order valence-electron chi connectivity index (χ0n) is 9.14. The number of amides is 1. The summed E-state index contributed by atoms with van der Waals surface area (Å²) >= 11 is 5.81. The van der Waals surface area contributed by atoms with Crippen molar-refractivity contribution in [2.24, 2.45) is 0 Å². The van der Waals surface area contributed by atoms with Crippen molar-refractivity contribution in [2.45, 2.75) is 12.6 Å². The molecule has 5 heteroatoms. The third-order valence-corrected chi connectivity index (χ3v) is 3.41. The average Bonchev–Trinajstić information content (AvgIpc) is 2.45. The minimum atomic E-state index is -0.818. The maximum absolute atomic E-state index is 11.4. The third-order valence-electron chi connectivity index (χ3n) is 3.16. The normalized spacial score (nSPS) is 26.5. The van der Waals surface area contributed by atoms with Crippen molar-refractivity contribution in [1.82, 2.24) is 9.96 Å². The summed E-state index contributed by atoms with van der Waals surface area (Å²) < 4.78 is 0. The van der Waals surface area contributed by atoms with Crippen LogP contribution in [0, 0.1) is 0 Å². The maximum Gasteiger partial charge on any atom is 0.262 e. The molecule has 2 rings (SSSR count). The molecule has 16 heavy (non-hydrogen) atoms. The van der Waals surface area contributed by atoms with Gasteiger partial charge in [0.1, 0.15) is 5.66 Å². The second-order valence-corrected chi connectivity index (χ2v) is 4.53. The van der Waals surface area contributed by atoms with E-state index in [0.29, 0.717) is 5.02 Å². The van der Waals surface area contributed by atoms with Gasteiger partial charge in [0.2, 0.25) is 0 Å². The summed E-state index contributed by atoms with van der Waals surface area (Å²) in [6.45, 7) is 2.00. The van der Waals surface area contributed by atoms with Crippen molar-refractivity contribution in [3.63, 3.8) is 0 Å². The molecule has 1 aromatic rings. The molecule has 0 aromatic heterocycles. The topological polar surface area (TPSA) is 43.8 Å². The Balaban J connectivity index is 2.45. The first kappa shape index (κ1) is 11.4. The van der Waals surface area contributed by atoms with Crippen LogP contribution in [0.15, 0.2) is 24.3 Å². The monoisotopic (exact) mass is 240 g/mol. The molecule has 1 aliphatic heterocycles. The number of halogens is 1. The van der Waals surface area contributed by atoms with E-state index in [4.69, 9.17) is 11.6 Å². The van der Waals surface area contributed by atoms with Crippen LogP contribution in [-0.2, 0) is 10.5 Å². The fourth-order valence-electron chi connectivity index (χ4n) is 1.94. The van der Waals surface area contributed by atoms with E-state index in [9.17, 15) is 10.0 Å². The zero-order chi connectivity index (χ0) is 11.9. The van der Waals surface area contributed by atoms with E-state index in [1.165, 1.54) is 0 Å². The fourth-order valence-corrected chi connectivity index (χ4v) is 2.06. The van der Waals surface area contributed by atoms with Gasteiger partial charge in [0.05, 0.1) is 6.54 Å². The first-order chi connectivity index (χ1) is 7.46. The van der Waals surface area contributed by atoms with Gasteiger partial charge in [-0.05, 0) is 31.7 Å². The molecule has 1 aliphatic rings. The molecule has 4 nitrogen and oxygen atoms in total. The lowest BCUT2D eigenvalue weighted by Gasteiger charge is -2.35. The third kappa shape index (κ3) is 1.50. The molecule has 1 unspecified atom stereocenters. The molecule has 1 N–H and O–H groups in total. The van der Waals surface area contributed by atoms with Crippen LogP contribution < -0.4 is 0 Å². The van der Waals surface area contributed by atoms with E-state index in [-0.39, 0.29) is 12.5 Å². The molecule has 1 amide bonds. The van der Waals surface area contributed by atoms with Gasteiger partial charge >= 0.3 is 0 Å². The molecule has 0 saturated carbocycles. The largest absolute Gasteiger partial charge is 0.284 e. The Morgan fingerprint density at radius 1 is 1.38 bits per heavy atom. The number of benzene rings is 1. The van der Waals surface area contributed by atoms with Gasteiger partial charge in [0.15, 0.2) is 0 Å². The molecular formula is C11H13ClN2O2. The second-order valence-electron chi connectivity index (χ2n) is 4.09. The molecule has 1 fully saturated rings. The first-order valence-electron chi connectivity index (χ1n) is 4.95. The molecule has 0 bridgehead atoms. The minimum Gasteiger partial charge on any atom is -0.284 e. The predicted molar refractivity (Wildman–Crippen MR) is 60.1 cm³/mol. The molecule has 1 heterocycles.